The number of hydrogen-bond donors (Lipinski definition) is 0. The zero-order valence-corrected chi connectivity index (χ0v) is 47.7. The van der Waals surface area contributed by atoms with Crippen molar-refractivity contribution in [1.82, 2.24) is 9.47 Å². The van der Waals surface area contributed by atoms with Gasteiger partial charge in [0.2, 0.25) is 6.20 Å². The summed E-state index contributed by atoms with van der Waals surface area (Å²) in [6, 6.07) is 0.643. The van der Waals surface area contributed by atoms with Crippen molar-refractivity contribution in [2.24, 2.45) is 11.8 Å². The third-order valence-electron chi connectivity index (χ3n) is 15.3. The molecule has 0 spiro atoms. The molecule has 1 heterocycles. The molecule has 2 atom stereocenters. The van der Waals surface area contributed by atoms with Crippen LogP contribution in [0, 0.1) is 18.2 Å². The molecule has 0 fully saturated rings. The van der Waals surface area contributed by atoms with Crippen LogP contribution in [0.25, 0.3) is 0 Å². The smallest absolute Gasteiger partial charge is 0.382 e. The van der Waals surface area contributed by atoms with Crippen molar-refractivity contribution >= 4 is 11.9 Å². The first kappa shape index (κ1) is 65.9. The van der Waals surface area contributed by atoms with Crippen molar-refractivity contribution in [1.29, 1.82) is 0 Å². The molecule has 1 aromatic rings. The minimum atomic E-state index is 0.0200. The Bertz CT molecular complexity index is 1150. The topological polar surface area (TPSA) is 74.9 Å². The molecule has 1 aromatic heterocycles. The van der Waals surface area contributed by atoms with Crippen LogP contribution in [0.5, 0.6) is 0 Å². The largest absolute Gasteiger partial charge is 0.465 e. The van der Waals surface area contributed by atoms with E-state index in [-0.39, 0.29) is 11.9 Å². The summed E-state index contributed by atoms with van der Waals surface area (Å²) in [5.41, 5.74) is 0. The van der Waals surface area contributed by atoms with Gasteiger partial charge in [-0.1, -0.05) is 247 Å². The molecular formula is C63H120N3O4+. The number of rotatable bonds is 56. The SMILES string of the molecule is CCCCCCCCCCCCCCN(CCCn1c#[n+]cc1)C(CCCCCCCCC(=O)OCC(CCCC)CCCCCC)CCCCCCCCC(=O)OCC(CCCC)CCCCCC. The second-order valence-electron chi connectivity index (χ2n) is 22.1. The predicted molar refractivity (Wildman–Crippen MR) is 299 cm³/mol. The molecule has 0 aliphatic carbocycles. The number of aryl methyl sites for hydroxylation is 1. The highest BCUT2D eigenvalue weighted by Gasteiger charge is 2.19. The van der Waals surface area contributed by atoms with Gasteiger partial charge >= 0.3 is 18.3 Å². The highest BCUT2D eigenvalue weighted by Crippen LogP contribution is 2.23. The lowest BCUT2D eigenvalue weighted by atomic mass is 9.96. The summed E-state index contributed by atoms with van der Waals surface area (Å²) < 4.78 is 13.8. The van der Waals surface area contributed by atoms with Gasteiger partial charge in [-0.15, -0.1) is 0 Å². The summed E-state index contributed by atoms with van der Waals surface area (Å²) in [7, 11) is 0. The predicted octanol–water partition coefficient (Wildman–Crippen LogP) is 18.5. The third-order valence-corrected chi connectivity index (χ3v) is 15.3. The highest BCUT2D eigenvalue weighted by atomic mass is 16.5. The minimum Gasteiger partial charge on any atom is -0.465 e. The average Bonchev–Trinajstić information content (AvgIpc) is 3.89. The first-order valence-electron chi connectivity index (χ1n) is 31.4. The first-order valence-corrected chi connectivity index (χ1v) is 31.4. The Hall–Kier alpha value is -2.07. The van der Waals surface area contributed by atoms with Gasteiger partial charge < -0.3 is 14.4 Å². The lowest BCUT2D eigenvalue weighted by molar-refractivity contribution is -0.292. The Morgan fingerprint density at radius 1 is 0.429 bits per heavy atom. The van der Waals surface area contributed by atoms with E-state index in [1.165, 1.54) is 251 Å². The number of aromatic nitrogens is 2. The van der Waals surface area contributed by atoms with Gasteiger partial charge in [-0.25, -0.2) is 0 Å². The fourth-order valence-corrected chi connectivity index (χ4v) is 10.6. The van der Waals surface area contributed by atoms with Crippen LogP contribution in [0.1, 0.15) is 324 Å². The summed E-state index contributed by atoms with van der Waals surface area (Å²) in [5, 5.41) is 0. The molecular weight excluding hydrogens is 863 g/mol. The molecule has 0 amide bonds. The average molecular weight is 984 g/mol. The number of nitrogens with zero attached hydrogens (tertiary/aromatic N) is 3. The lowest BCUT2D eigenvalue weighted by Crippen LogP contribution is -2.37. The Balaban J connectivity index is 2.63. The van der Waals surface area contributed by atoms with E-state index in [4.69, 9.17) is 9.47 Å². The molecule has 2 unspecified atom stereocenters. The van der Waals surface area contributed by atoms with Gasteiger partial charge in [-0.3, -0.25) is 9.59 Å². The molecule has 0 saturated carbocycles. The van der Waals surface area contributed by atoms with Crippen molar-refractivity contribution in [3.05, 3.63) is 18.7 Å². The van der Waals surface area contributed by atoms with E-state index in [0.29, 0.717) is 43.9 Å². The van der Waals surface area contributed by atoms with E-state index < -0.39 is 0 Å². The van der Waals surface area contributed by atoms with Crippen molar-refractivity contribution in [2.45, 2.75) is 336 Å². The fourth-order valence-electron chi connectivity index (χ4n) is 10.6. The lowest BCUT2D eigenvalue weighted by Gasteiger charge is -2.32. The van der Waals surface area contributed by atoms with Crippen LogP contribution in [0.2, 0.25) is 0 Å². The first-order chi connectivity index (χ1) is 34.5. The van der Waals surface area contributed by atoms with Crippen LogP contribution < -0.4 is 4.98 Å². The third kappa shape index (κ3) is 42.4. The van der Waals surface area contributed by atoms with Crippen LogP contribution in [-0.2, 0) is 25.6 Å². The van der Waals surface area contributed by atoms with E-state index in [9.17, 15) is 9.59 Å². The maximum atomic E-state index is 12.7. The monoisotopic (exact) mass is 983 g/mol. The van der Waals surface area contributed by atoms with Crippen LogP contribution in [0.15, 0.2) is 12.4 Å². The Morgan fingerprint density at radius 3 is 1.19 bits per heavy atom. The summed E-state index contributed by atoms with van der Waals surface area (Å²) in [5.74, 6) is 1.12. The van der Waals surface area contributed by atoms with Gasteiger partial charge in [0.1, 0.15) is 6.54 Å². The van der Waals surface area contributed by atoms with Gasteiger partial charge in [0.05, 0.1) is 13.2 Å². The van der Waals surface area contributed by atoms with Crippen LogP contribution in [0.3, 0.4) is 0 Å². The standard InChI is InChI=1S/C63H120N3O4/c1-6-11-16-19-20-21-22-23-24-29-34-41-53-66(54-42-52-65-55-51-64-58-65)61(47-37-30-25-27-32-39-49-62(67)69-56-59(43-14-9-4)45-35-17-12-7-2)48-38-31-26-28-33-40-50-63(68)70-57-60(44-15-10-5)46-36-18-13-8-3/h51,55,59-61H,6-50,52-54,56-57H2,1-5H3/q+1. The number of carbonyl (C=O) groups excluding carboxylic acids is 2. The number of ether oxygens (including phenoxy) is 2. The number of esters is 2. The summed E-state index contributed by atoms with van der Waals surface area (Å²) in [6.07, 6.45) is 62.9. The Morgan fingerprint density at radius 2 is 0.771 bits per heavy atom. The summed E-state index contributed by atoms with van der Waals surface area (Å²) in [4.78, 5) is 32.4. The second kappa shape index (κ2) is 51.8. The Labute approximate surface area is 436 Å². The number of carbonyl (C=O) groups is 2. The molecule has 0 radical (unpaired) electrons. The molecule has 0 saturated heterocycles. The summed E-state index contributed by atoms with van der Waals surface area (Å²) >= 11 is 0. The normalized spacial score (nSPS) is 12.9. The van der Waals surface area contributed by atoms with E-state index in [2.05, 4.69) is 61.6 Å². The van der Waals surface area contributed by atoms with Gasteiger partial charge in [-0.05, 0) is 82.6 Å². The van der Waals surface area contributed by atoms with Gasteiger partial charge in [-0.2, -0.15) is 9.55 Å². The van der Waals surface area contributed by atoms with Crippen molar-refractivity contribution in [3.8, 4) is 0 Å². The molecule has 7 nitrogen and oxygen atoms in total. The zero-order valence-electron chi connectivity index (χ0n) is 47.7. The molecule has 0 bridgehead atoms. The van der Waals surface area contributed by atoms with Crippen molar-refractivity contribution < 1.29 is 24.0 Å². The van der Waals surface area contributed by atoms with Crippen LogP contribution in [-0.4, -0.2) is 53.8 Å². The zero-order chi connectivity index (χ0) is 50.6. The van der Waals surface area contributed by atoms with E-state index in [1.807, 2.05) is 6.20 Å². The maximum Gasteiger partial charge on any atom is 0.382 e. The molecule has 410 valence electrons. The molecule has 0 aliphatic rings. The fraction of sp³-hybridized carbons (Fsp3) is 0.921. The van der Waals surface area contributed by atoms with Gasteiger partial charge in [0.15, 0.2) is 6.20 Å². The van der Waals surface area contributed by atoms with Gasteiger partial charge in [0, 0.05) is 25.4 Å². The number of unbranched alkanes of at least 4 members (excludes halogenated alkanes) is 29. The molecule has 70 heavy (non-hydrogen) atoms. The van der Waals surface area contributed by atoms with Crippen molar-refractivity contribution in [2.75, 3.05) is 26.3 Å². The van der Waals surface area contributed by atoms with Gasteiger partial charge in [0.25, 0.3) is 0 Å². The van der Waals surface area contributed by atoms with E-state index in [0.717, 1.165) is 45.2 Å². The van der Waals surface area contributed by atoms with Crippen molar-refractivity contribution in [3.63, 3.8) is 0 Å². The highest BCUT2D eigenvalue weighted by molar-refractivity contribution is 5.69. The number of hydrogen-bond acceptors (Lipinski definition) is 5. The molecule has 0 aliphatic heterocycles. The maximum absolute atomic E-state index is 12.7. The second-order valence-corrected chi connectivity index (χ2v) is 22.1. The van der Waals surface area contributed by atoms with Crippen LogP contribution >= 0.6 is 0 Å². The molecule has 1 rings (SSSR count). The molecule has 0 N–H and O–H groups in total. The molecule has 0 aromatic carbocycles. The van der Waals surface area contributed by atoms with E-state index >= 15 is 0 Å². The molecule has 7 heteroatoms. The Kier molecular flexibility index (Phi) is 48.8. The summed E-state index contributed by atoms with van der Waals surface area (Å²) in [6.45, 7) is 16.0. The quantitative estimate of drug-likeness (QED) is 0.0478. The van der Waals surface area contributed by atoms with Crippen LogP contribution in [0.4, 0.5) is 0 Å². The van der Waals surface area contributed by atoms with E-state index in [1.54, 1.807) is 0 Å². The minimum absolute atomic E-state index is 0.0200.